The van der Waals surface area contributed by atoms with Crippen LogP contribution in [0.4, 0.5) is 5.69 Å². The number of fused-ring (bicyclic) bond motifs is 1. The molecule has 0 aliphatic heterocycles. The molecule has 0 spiro atoms. The molecule has 0 aliphatic rings. The van der Waals surface area contributed by atoms with Crippen molar-refractivity contribution < 1.29 is 4.79 Å². The lowest BCUT2D eigenvalue weighted by atomic mass is 10.2. The highest BCUT2D eigenvalue weighted by molar-refractivity contribution is 5.90. The standard InChI is InChI=1S/C22H18N8O2/c31-20(15-30-26-21(24-27-30)17-8-2-1-3-9-17)23-18-10-6-7-16(13-18)14-29-22(32)28-12-5-4-11-19(28)25-29/h1-13H,14-15H2,(H,23,31). The molecule has 0 radical (unpaired) electrons. The summed E-state index contributed by atoms with van der Waals surface area (Å²) in [6.07, 6.45) is 1.68. The largest absolute Gasteiger partial charge is 0.350 e. The minimum atomic E-state index is -0.288. The van der Waals surface area contributed by atoms with Gasteiger partial charge in [0.05, 0.1) is 6.54 Å². The Labute approximate surface area is 181 Å². The third kappa shape index (κ3) is 4.01. The minimum Gasteiger partial charge on any atom is -0.324 e. The van der Waals surface area contributed by atoms with Crippen LogP contribution >= 0.6 is 0 Å². The van der Waals surface area contributed by atoms with E-state index in [-0.39, 0.29) is 24.7 Å². The van der Waals surface area contributed by atoms with E-state index in [0.717, 1.165) is 11.1 Å². The first-order valence-electron chi connectivity index (χ1n) is 9.92. The number of nitrogens with zero attached hydrogens (tertiary/aromatic N) is 7. The molecule has 0 fully saturated rings. The van der Waals surface area contributed by atoms with Crippen molar-refractivity contribution in [1.29, 1.82) is 0 Å². The molecular formula is C22H18N8O2. The number of pyridine rings is 1. The van der Waals surface area contributed by atoms with Crippen molar-refractivity contribution in [3.8, 4) is 11.4 Å². The topological polar surface area (TPSA) is 112 Å². The van der Waals surface area contributed by atoms with Gasteiger partial charge in [-0.05, 0) is 35.0 Å². The van der Waals surface area contributed by atoms with Crippen LogP contribution in [0.1, 0.15) is 5.56 Å². The van der Waals surface area contributed by atoms with Crippen LogP contribution in [0.2, 0.25) is 0 Å². The fourth-order valence-electron chi connectivity index (χ4n) is 3.33. The van der Waals surface area contributed by atoms with E-state index in [1.54, 1.807) is 30.5 Å². The van der Waals surface area contributed by atoms with Gasteiger partial charge in [0.15, 0.2) is 5.65 Å². The first-order valence-corrected chi connectivity index (χ1v) is 9.92. The van der Waals surface area contributed by atoms with Crippen molar-refractivity contribution in [3.63, 3.8) is 0 Å². The Hall–Kier alpha value is -4.60. The SMILES string of the molecule is O=C(Cn1nnc(-c2ccccc2)n1)Nc1cccc(Cn2nc3ccccn3c2=O)c1. The highest BCUT2D eigenvalue weighted by atomic mass is 16.2. The molecule has 5 rings (SSSR count). The first kappa shape index (κ1) is 19.4. The number of benzene rings is 2. The van der Waals surface area contributed by atoms with Crippen LogP contribution in [-0.2, 0) is 17.9 Å². The maximum absolute atomic E-state index is 12.5. The van der Waals surface area contributed by atoms with Gasteiger partial charge in [0.1, 0.15) is 6.54 Å². The van der Waals surface area contributed by atoms with Gasteiger partial charge in [-0.1, -0.05) is 48.5 Å². The molecule has 0 saturated carbocycles. The number of carbonyl (C=O) groups excluding carboxylic acids is 1. The number of hydrogen-bond donors (Lipinski definition) is 1. The van der Waals surface area contributed by atoms with E-state index in [0.29, 0.717) is 17.2 Å². The van der Waals surface area contributed by atoms with Crippen molar-refractivity contribution in [1.82, 2.24) is 34.4 Å². The molecule has 0 unspecified atom stereocenters. The van der Waals surface area contributed by atoms with Gasteiger partial charge >= 0.3 is 5.69 Å². The number of hydrogen-bond acceptors (Lipinski definition) is 6. The highest BCUT2D eigenvalue weighted by Crippen LogP contribution is 2.13. The molecule has 1 N–H and O–H groups in total. The fraction of sp³-hybridized carbons (Fsp3) is 0.0909. The summed E-state index contributed by atoms with van der Waals surface area (Å²) in [6.45, 7) is 0.214. The normalized spacial score (nSPS) is 11.0. The maximum atomic E-state index is 12.5. The number of tetrazole rings is 1. The molecule has 32 heavy (non-hydrogen) atoms. The third-order valence-corrected chi connectivity index (χ3v) is 4.80. The summed E-state index contributed by atoms with van der Waals surface area (Å²) in [5.41, 5.74) is 2.62. The molecule has 5 aromatic rings. The van der Waals surface area contributed by atoms with E-state index in [9.17, 15) is 9.59 Å². The van der Waals surface area contributed by atoms with Crippen LogP contribution in [0.25, 0.3) is 17.0 Å². The average Bonchev–Trinajstić information content (AvgIpc) is 3.39. The zero-order chi connectivity index (χ0) is 21.9. The van der Waals surface area contributed by atoms with Crippen molar-refractivity contribution in [2.75, 3.05) is 5.32 Å². The van der Waals surface area contributed by atoms with Crippen LogP contribution < -0.4 is 11.0 Å². The van der Waals surface area contributed by atoms with Crippen molar-refractivity contribution in [2.24, 2.45) is 0 Å². The highest BCUT2D eigenvalue weighted by Gasteiger charge is 2.11. The lowest BCUT2D eigenvalue weighted by Gasteiger charge is -2.07. The number of anilines is 1. The first-order chi connectivity index (χ1) is 15.7. The molecule has 2 aromatic carbocycles. The Morgan fingerprint density at radius 1 is 0.938 bits per heavy atom. The second-order valence-corrected chi connectivity index (χ2v) is 7.13. The zero-order valence-electron chi connectivity index (χ0n) is 16.9. The molecule has 0 saturated heterocycles. The van der Waals surface area contributed by atoms with Gasteiger partial charge in [0.25, 0.3) is 0 Å². The molecule has 0 bridgehead atoms. The summed E-state index contributed by atoms with van der Waals surface area (Å²) >= 11 is 0. The Kier molecular flexibility index (Phi) is 5.00. The van der Waals surface area contributed by atoms with Gasteiger partial charge in [0, 0.05) is 17.4 Å². The van der Waals surface area contributed by atoms with Crippen LogP contribution in [0.5, 0.6) is 0 Å². The summed E-state index contributed by atoms with van der Waals surface area (Å²) in [5, 5.41) is 19.3. The molecule has 3 heterocycles. The lowest BCUT2D eigenvalue weighted by molar-refractivity contribution is -0.117. The Balaban J connectivity index is 1.26. The summed E-state index contributed by atoms with van der Waals surface area (Å²) in [7, 11) is 0. The second kappa shape index (κ2) is 8.26. The van der Waals surface area contributed by atoms with Gasteiger partial charge in [-0.25, -0.2) is 9.48 Å². The number of rotatable bonds is 6. The molecule has 0 atom stereocenters. The number of amides is 1. The molecule has 10 nitrogen and oxygen atoms in total. The Morgan fingerprint density at radius 2 is 1.78 bits per heavy atom. The maximum Gasteiger partial charge on any atom is 0.350 e. The molecule has 1 amide bonds. The van der Waals surface area contributed by atoms with E-state index < -0.39 is 0 Å². The van der Waals surface area contributed by atoms with E-state index in [4.69, 9.17) is 0 Å². The van der Waals surface area contributed by atoms with Crippen LogP contribution in [0.3, 0.4) is 0 Å². The monoisotopic (exact) mass is 426 g/mol. The molecule has 0 aliphatic carbocycles. The molecule has 3 aromatic heterocycles. The van der Waals surface area contributed by atoms with Gasteiger partial charge < -0.3 is 5.32 Å². The molecule has 10 heteroatoms. The predicted molar refractivity (Wildman–Crippen MR) is 117 cm³/mol. The number of aromatic nitrogens is 7. The third-order valence-electron chi connectivity index (χ3n) is 4.80. The smallest absolute Gasteiger partial charge is 0.324 e. The number of nitrogens with one attached hydrogen (secondary N) is 1. The zero-order valence-corrected chi connectivity index (χ0v) is 16.9. The van der Waals surface area contributed by atoms with Gasteiger partial charge in [0.2, 0.25) is 11.7 Å². The lowest BCUT2D eigenvalue weighted by Crippen LogP contribution is -2.22. The van der Waals surface area contributed by atoms with Gasteiger partial charge in [-0.2, -0.15) is 4.80 Å². The fourth-order valence-corrected chi connectivity index (χ4v) is 3.33. The second-order valence-electron chi connectivity index (χ2n) is 7.13. The Bertz CT molecular complexity index is 1450. The van der Waals surface area contributed by atoms with Gasteiger partial charge in [-0.15, -0.1) is 15.3 Å². The van der Waals surface area contributed by atoms with E-state index in [1.807, 2.05) is 48.5 Å². The van der Waals surface area contributed by atoms with E-state index in [1.165, 1.54) is 13.9 Å². The molecular weight excluding hydrogens is 408 g/mol. The van der Waals surface area contributed by atoms with Crippen LogP contribution in [-0.4, -0.2) is 40.3 Å². The number of carbonyl (C=O) groups is 1. The summed E-state index contributed by atoms with van der Waals surface area (Å²) in [5.74, 6) is 0.169. The van der Waals surface area contributed by atoms with Crippen LogP contribution in [0, 0.1) is 0 Å². The minimum absolute atomic E-state index is 0.0735. The van der Waals surface area contributed by atoms with Crippen LogP contribution in [0.15, 0.2) is 83.8 Å². The quantitative estimate of drug-likeness (QED) is 0.443. The molecule has 158 valence electrons. The summed E-state index contributed by atoms with van der Waals surface area (Å²) in [6, 6.07) is 22.1. The van der Waals surface area contributed by atoms with Gasteiger partial charge in [-0.3, -0.25) is 9.20 Å². The predicted octanol–water partition coefficient (Wildman–Crippen LogP) is 1.84. The average molecular weight is 426 g/mol. The van der Waals surface area contributed by atoms with Crippen molar-refractivity contribution in [2.45, 2.75) is 13.1 Å². The summed E-state index contributed by atoms with van der Waals surface area (Å²) < 4.78 is 2.88. The van der Waals surface area contributed by atoms with Crippen molar-refractivity contribution >= 4 is 17.2 Å². The van der Waals surface area contributed by atoms with E-state index >= 15 is 0 Å². The van der Waals surface area contributed by atoms with E-state index in [2.05, 4.69) is 25.8 Å². The Morgan fingerprint density at radius 3 is 2.62 bits per heavy atom. The van der Waals surface area contributed by atoms with Crippen molar-refractivity contribution in [3.05, 3.63) is 95.0 Å². The summed E-state index contributed by atoms with van der Waals surface area (Å²) in [4.78, 5) is 26.2.